The minimum absolute atomic E-state index is 0.195. The fraction of sp³-hybridized carbons (Fsp3) is 0.943. The molecule has 0 saturated heterocycles. The van der Waals surface area contributed by atoms with Gasteiger partial charge in [-0.25, -0.2) is 0 Å². The van der Waals surface area contributed by atoms with Crippen molar-refractivity contribution >= 4 is 11.7 Å². The van der Waals surface area contributed by atoms with Crippen molar-refractivity contribution in [3.63, 3.8) is 0 Å². The number of Topliss-reactive ketones (excluding diaryl/α,β-unsaturated/α-hetero) is 1. The van der Waals surface area contributed by atoms with Gasteiger partial charge in [-0.05, 0) is 65.6 Å². The van der Waals surface area contributed by atoms with Crippen LogP contribution in [0, 0.1) is 5.92 Å². The number of nitrogens with zero attached hydrogens (tertiary/aromatic N) is 2. The van der Waals surface area contributed by atoms with E-state index in [0.717, 1.165) is 64.6 Å². The van der Waals surface area contributed by atoms with Crippen LogP contribution in [0.4, 0.5) is 0 Å². The quantitative estimate of drug-likeness (QED) is 0.100. The number of hydrogen-bond acceptors (Lipinski definition) is 3. The first-order valence-electron chi connectivity index (χ1n) is 17.3. The minimum Gasteiger partial charge on any atom is -0.339 e. The Bertz CT molecular complexity index is 533. The molecule has 0 aromatic rings. The van der Waals surface area contributed by atoms with Crippen molar-refractivity contribution in [1.29, 1.82) is 0 Å². The van der Waals surface area contributed by atoms with Gasteiger partial charge in [0, 0.05) is 24.9 Å². The third-order valence-corrected chi connectivity index (χ3v) is 8.20. The first kappa shape index (κ1) is 40.2. The number of amides is 1. The molecule has 0 fully saturated rings. The van der Waals surface area contributed by atoms with Crippen LogP contribution in [0.25, 0.3) is 0 Å². The number of carbonyl (C=O) groups excluding carboxylic acids is 2. The fourth-order valence-electron chi connectivity index (χ4n) is 5.24. The standard InChI is InChI=1S/C28H56N2O2.C7H16/c1-7-11-16-21-26(8-2)28(32)30(24-19-23-29(6)10-4)27(9-3)22-18-15-13-12-14-17-20-25(5)31;1-3-5-7-6-4-2/h26-27H,7-24H2,1-6H3;3-7H2,1-2H3. The molecule has 4 nitrogen and oxygen atoms in total. The van der Waals surface area contributed by atoms with E-state index in [0.29, 0.717) is 17.7 Å². The van der Waals surface area contributed by atoms with E-state index in [9.17, 15) is 9.59 Å². The highest BCUT2D eigenvalue weighted by atomic mass is 16.2. The third-order valence-electron chi connectivity index (χ3n) is 8.20. The lowest BCUT2D eigenvalue weighted by molar-refractivity contribution is -0.138. The molecule has 0 aromatic carbocycles. The van der Waals surface area contributed by atoms with Crippen LogP contribution in [-0.2, 0) is 9.59 Å². The van der Waals surface area contributed by atoms with Gasteiger partial charge in [-0.2, -0.15) is 0 Å². The van der Waals surface area contributed by atoms with Crippen LogP contribution in [0.2, 0.25) is 0 Å². The summed E-state index contributed by atoms with van der Waals surface area (Å²) < 4.78 is 0. The van der Waals surface area contributed by atoms with E-state index >= 15 is 0 Å². The fourth-order valence-corrected chi connectivity index (χ4v) is 5.24. The molecule has 0 bridgehead atoms. The van der Waals surface area contributed by atoms with Gasteiger partial charge in [-0.1, -0.05) is 125 Å². The van der Waals surface area contributed by atoms with Crippen LogP contribution in [0.1, 0.15) is 177 Å². The summed E-state index contributed by atoms with van der Waals surface area (Å²) in [5.41, 5.74) is 0. The van der Waals surface area contributed by atoms with Gasteiger partial charge in [-0.15, -0.1) is 0 Å². The van der Waals surface area contributed by atoms with Crippen molar-refractivity contribution in [3.05, 3.63) is 0 Å². The number of rotatable bonds is 26. The molecule has 0 heterocycles. The van der Waals surface area contributed by atoms with E-state index in [1.54, 1.807) is 6.92 Å². The average Bonchev–Trinajstić information content (AvgIpc) is 2.93. The minimum atomic E-state index is 0.195. The molecule has 2 atom stereocenters. The molecule has 4 heteroatoms. The SMILES string of the molecule is CCCCCC(CC)C(=O)N(CCCN(C)CC)C(CC)CCCCCCCCC(C)=O.CCCCCCC. The molecule has 0 aliphatic heterocycles. The summed E-state index contributed by atoms with van der Waals surface area (Å²) in [4.78, 5) is 29.2. The van der Waals surface area contributed by atoms with Gasteiger partial charge < -0.3 is 14.6 Å². The predicted molar refractivity (Wildman–Crippen MR) is 174 cm³/mol. The maximum Gasteiger partial charge on any atom is 0.225 e. The molecule has 234 valence electrons. The number of unbranched alkanes of at least 4 members (excludes halogenated alkanes) is 11. The van der Waals surface area contributed by atoms with Crippen LogP contribution >= 0.6 is 0 Å². The summed E-state index contributed by atoms with van der Waals surface area (Å²) >= 11 is 0. The summed E-state index contributed by atoms with van der Waals surface area (Å²) in [5.74, 6) is 0.922. The smallest absolute Gasteiger partial charge is 0.225 e. The van der Waals surface area contributed by atoms with Crippen molar-refractivity contribution in [2.45, 2.75) is 183 Å². The Labute approximate surface area is 246 Å². The van der Waals surface area contributed by atoms with Crippen LogP contribution in [0.15, 0.2) is 0 Å². The van der Waals surface area contributed by atoms with Gasteiger partial charge in [0.2, 0.25) is 5.91 Å². The Morgan fingerprint density at radius 3 is 1.62 bits per heavy atom. The molecule has 39 heavy (non-hydrogen) atoms. The zero-order chi connectivity index (χ0) is 29.7. The van der Waals surface area contributed by atoms with E-state index in [2.05, 4.69) is 58.4 Å². The molecule has 0 saturated carbocycles. The van der Waals surface area contributed by atoms with Crippen molar-refractivity contribution in [1.82, 2.24) is 9.80 Å². The Hall–Kier alpha value is -0.900. The topological polar surface area (TPSA) is 40.6 Å². The zero-order valence-electron chi connectivity index (χ0n) is 28.1. The maximum atomic E-state index is 13.6. The van der Waals surface area contributed by atoms with Gasteiger partial charge in [0.1, 0.15) is 5.78 Å². The van der Waals surface area contributed by atoms with E-state index in [1.165, 1.54) is 83.5 Å². The third kappa shape index (κ3) is 24.6. The highest BCUT2D eigenvalue weighted by molar-refractivity contribution is 5.79. The zero-order valence-corrected chi connectivity index (χ0v) is 28.1. The van der Waals surface area contributed by atoms with Gasteiger partial charge in [-0.3, -0.25) is 4.79 Å². The lowest BCUT2D eigenvalue weighted by Crippen LogP contribution is -2.44. The van der Waals surface area contributed by atoms with E-state index in [-0.39, 0.29) is 5.92 Å². The molecule has 0 spiro atoms. The summed E-state index contributed by atoms with van der Waals surface area (Å²) in [7, 11) is 2.17. The molecule has 0 aliphatic carbocycles. The van der Waals surface area contributed by atoms with Crippen LogP contribution in [-0.4, -0.2) is 54.2 Å². The van der Waals surface area contributed by atoms with Crippen LogP contribution < -0.4 is 0 Å². The normalized spacial score (nSPS) is 12.6. The number of ketones is 1. The lowest BCUT2D eigenvalue weighted by Gasteiger charge is -2.35. The summed E-state index contributed by atoms with van der Waals surface area (Å²) in [6.07, 6.45) is 23.7. The molecule has 0 aliphatic rings. The van der Waals surface area contributed by atoms with Gasteiger partial charge in [0.15, 0.2) is 0 Å². The summed E-state index contributed by atoms with van der Waals surface area (Å²) in [5, 5.41) is 0. The monoisotopic (exact) mass is 553 g/mol. The molecule has 0 aromatic heterocycles. The lowest BCUT2D eigenvalue weighted by atomic mass is 9.94. The highest BCUT2D eigenvalue weighted by Gasteiger charge is 2.27. The summed E-state index contributed by atoms with van der Waals surface area (Å²) in [6.45, 7) is 18.1. The Morgan fingerprint density at radius 1 is 0.590 bits per heavy atom. The maximum absolute atomic E-state index is 13.6. The molecular weight excluding hydrogens is 480 g/mol. The van der Waals surface area contributed by atoms with Crippen molar-refractivity contribution in [2.75, 3.05) is 26.7 Å². The van der Waals surface area contributed by atoms with E-state index in [1.807, 2.05) is 0 Å². The Balaban J connectivity index is 0. The van der Waals surface area contributed by atoms with Crippen molar-refractivity contribution in [2.24, 2.45) is 5.92 Å². The molecule has 0 N–H and O–H groups in total. The second-order valence-electron chi connectivity index (χ2n) is 11.9. The highest BCUT2D eigenvalue weighted by Crippen LogP contribution is 2.22. The molecule has 2 unspecified atom stereocenters. The number of carbonyl (C=O) groups is 2. The molecule has 0 rings (SSSR count). The Kier molecular flexibility index (Phi) is 31.0. The van der Waals surface area contributed by atoms with Gasteiger partial charge in [0.05, 0.1) is 0 Å². The molecule has 1 amide bonds. The van der Waals surface area contributed by atoms with Crippen LogP contribution in [0.5, 0.6) is 0 Å². The van der Waals surface area contributed by atoms with Crippen molar-refractivity contribution in [3.8, 4) is 0 Å². The molecule has 0 radical (unpaired) electrons. The summed E-state index contributed by atoms with van der Waals surface area (Å²) in [6, 6.07) is 0.382. The number of hydrogen-bond donors (Lipinski definition) is 0. The van der Waals surface area contributed by atoms with E-state index in [4.69, 9.17) is 0 Å². The second kappa shape index (κ2) is 30.1. The van der Waals surface area contributed by atoms with Gasteiger partial charge in [0.25, 0.3) is 0 Å². The largest absolute Gasteiger partial charge is 0.339 e. The Morgan fingerprint density at radius 2 is 1.10 bits per heavy atom. The van der Waals surface area contributed by atoms with Gasteiger partial charge >= 0.3 is 0 Å². The average molecular weight is 553 g/mol. The van der Waals surface area contributed by atoms with Crippen molar-refractivity contribution < 1.29 is 9.59 Å². The first-order chi connectivity index (χ1) is 18.8. The molecular formula is C35H72N2O2. The first-order valence-corrected chi connectivity index (χ1v) is 17.3. The predicted octanol–water partition coefficient (Wildman–Crippen LogP) is 10.2. The second-order valence-corrected chi connectivity index (χ2v) is 11.9. The van der Waals surface area contributed by atoms with Crippen LogP contribution in [0.3, 0.4) is 0 Å². The van der Waals surface area contributed by atoms with E-state index < -0.39 is 0 Å².